The van der Waals surface area contributed by atoms with Crippen LogP contribution in [-0.2, 0) is 23.5 Å². The SMILES string of the molecule is COc1ccc(C)cc1NC(=O)c1cc(S(=O)(=O)N2CCc3ccccc32)cn1C. The molecule has 4 rings (SSSR count). The number of carbonyl (C=O) groups is 1. The zero-order valence-corrected chi connectivity index (χ0v) is 17.9. The molecule has 2 aromatic carbocycles. The van der Waals surface area contributed by atoms with E-state index in [1.54, 1.807) is 25.2 Å². The second kappa shape index (κ2) is 7.53. The van der Waals surface area contributed by atoms with E-state index in [4.69, 9.17) is 4.74 Å². The third kappa shape index (κ3) is 3.43. The van der Waals surface area contributed by atoms with Crippen LogP contribution in [0.15, 0.2) is 59.6 Å². The monoisotopic (exact) mass is 425 g/mol. The molecule has 0 bridgehead atoms. The zero-order chi connectivity index (χ0) is 21.5. The molecule has 0 fully saturated rings. The summed E-state index contributed by atoms with van der Waals surface area (Å²) in [7, 11) is -0.591. The quantitative estimate of drug-likeness (QED) is 0.680. The highest BCUT2D eigenvalue weighted by Gasteiger charge is 2.32. The van der Waals surface area contributed by atoms with Gasteiger partial charge in [-0.15, -0.1) is 0 Å². The molecule has 0 radical (unpaired) electrons. The number of benzene rings is 2. The molecule has 8 heteroatoms. The van der Waals surface area contributed by atoms with Gasteiger partial charge in [0.15, 0.2) is 0 Å². The highest BCUT2D eigenvalue weighted by molar-refractivity contribution is 7.92. The van der Waals surface area contributed by atoms with E-state index < -0.39 is 15.9 Å². The van der Waals surface area contributed by atoms with Crippen LogP contribution >= 0.6 is 0 Å². The first kappa shape index (κ1) is 20.0. The molecule has 0 unspecified atom stereocenters. The van der Waals surface area contributed by atoms with Crippen LogP contribution in [0, 0.1) is 6.92 Å². The van der Waals surface area contributed by atoms with Crippen LogP contribution in [-0.4, -0.2) is 32.5 Å². The first-order valence-corrected chi connectivity index (χ1v) is 11.0. The van der Waals surface area contributed by atoms with Crippen LogP contribution in [0.4, 0.5) is 11.4 Å². The maximum atomic E-state index is 13.2. The summed E-state index contributed by atoms with van der Waals surface area (Å²) in [5.41, 5.74) is 3.43. The molecular weight excluding hydrogens is 402 g/mol. The van der Waals surface area contributed by atoms with E-state index in [-0.39, 0.29) is 10.6 Å². The van der Waals surface area contributed by atoms with Crippen molar-refractivity contribution in [2.24, 2.45) is 7.05 Å². The molecule has 3 aromatic rings. The van der Waals surface area contributed by atoms with E-state index in [2.05, 4.69) is 5.32 Å². The summed E-state index contributed by atoms with van der Waals surface area (Å²) in [6.45, 7) is 2.30. The molecule has 1 aromatic heterocycles. The van der Waals surface area contributed by atoms with Crippen molar-refractivity contribution in [2.45, 2.75) is 18.2 Å². The first-order valence-electron chi connectivity index (χ1n) is 9.54. The zero-order valence-electron chi connectivity index (χ0n) is 17.0. The van der Waals surface area contributed by atoms with Crippen molar-refractivity contribution in [1.29, 1.82) is 0 Å². The van der Waals surface area contributed by atoms with Crippen LogP contribution < -0.4 is 14.4 Å². The second-order valence-electron chi connectivity index (χ2n) is 7.29. The van der Waals surface area contributed by atoms with Gasteiger partial charge >= 0.3 is 0 Å². The van der Waals surface area contributed by atoms with Crippen LogP contribution in [0.25, 0.3) is 0 Å². The summed E-state index contributed by atoms with van der Waals surface area (Å²) in [5.74, 6) is 0.120. The van der Waals surface area contributed by atoms with Gasteiger partial charge in [-0.3, -0.25) is 9.10 Å². The second-order valence-corrected chi connectivity index (χ2v) is 9.15. The van der Waals surface area contributed by atoms with Crippen molar-refractivity contribution in [3.05, 3.63) is 71.5 Å². The number of ether oxygens (including phenoxy) is 1. The molecule has 7 nitrogen and oxygen atoms in total. The highest BCUT2D eigenvalue weighted by atomic mass is 32.2. The van der Waals surface area contributed by atoms with Crippen molar-refractivity contribution in [1.82, 2.24) is 4.57 Å². The van der Waals surface area contributed by atoms with Crippen molar-refractivity contribution < 1.29 is 17.9 Å². The number of methoxy groups -OCH3 is 1. The Morgan fingerprint density at radius 2 is 1.90 bits per heavy atom. The maximum absolute atomic E-state index is 13.2. The number of carbonyl (C=O) groups excluding carboxylic acids is 1. The molecule has 1 amide bonds. The third-order valence-electron chi connectivity index (χ3n) is 5.25. The lowest BCUT2D eigenvalue weighted by Gasteiger charge is -2.18. The van der Waals surface area contributed by atoms with Gasteiger partial charge in [-0.25, -0.2) is 8.42 Å². The Kier molecular flexibility index (Phi) is 5.03. The van der Waals surface area contributed by atoms with Gasteiger partial charge < -0.3 is 14.6 Å². The Balaban J connectivity index is 1.64. The Hall–Kier alpha value is -3.26. The van der Waals surface area contributed by atoms with Gasteiger partial charge in [0.2, 0.25) is 0 Å². The average Bonchev–Trinajstić information content (AvgIpc) is 3.32. The topological polar surface area (TPSA) is 80.6 Å². The van der Waals surface area contributed by atoms with Gasteiger partial charge in [-0.05, 0) is 48.7 Å². The van der Waals surface area contributed by atoms with Crippen LogP contribution in [0.3, 0.4) is 0 Å². The molecule has 0 saturated carbocycles. The number of amides is 1. The number of sulfonamides is 1. The maximum Gasteiger partial charge on any atom is 0.272 e. The van der Waals surface area contributed by atoms with Gasteiger partial charge in [-0.1, -0.05) is 24.3 Å². The molecule has 0 saturated heterocycles. The number of hydrogen-bond donors (Lipinski definition) is 1. The molecule has 1 aliphatic rings. The van der Waals surface area contributed by atoms with Crippen molar-refractivity contribution in [3.8, 4) is 5.75 Å². The van der Waals surface area contributed by atoms with Gasteiger partial charge in [0.1, 0.15) is 16.3 Å². The van der Waals surface area contributed by atoms with Crippen molar-refractivity contribution >= 4 is 27.3 Å². The average molecular weight is 426 g/mol. The standard InChI is InChI=1S/C22H23N3O4S/c1-15-8-9-21(29-3)18(12-15)23-22(26)20-13-17(14-24(20)2)30(27,28)25-11-10-16-6-4-5-7-19(16)25/h4-9,12-14H,10-11H2,1-3H3,(H,23,26). The molecule has 30 heavy (non-hydrogen) atoms. The number of hydrogen-bond acceptors (Lipinski definition) is 4. The van der Waals surface area contributed by atoms with Crippen LogP contribution in [0.2, 0.25) is 0 Å². The van der Waals surface area contributed by atoms with Crippen LogP contribution in [0.1, 0.15) is 21.6 Å². The summed E-state index contributed by atoms with van der Waals surface area (Å²) < 4.78 is 34.7. The first-order chi connectivity index (χ1) is 14.3. The Morgan fingerprint density at radius 1 is 1.13 bits per heavy atom. The summed E-state index contributed by atoms with van der Waals surface area (Å²) in [5, 5.41) is 2.82. The number of anilines is 2. The normalized spacial score (nSPS) is 13.2. The van der Waals surface area contributed by atoms with Gasteiger partial charge in [0, 0.05) is 19.8 Å². The fraction of sp³-hybridized carbons (Fsp3) is 0.227. The molecule has 156 valence electrons. The number of para-hydroxylation sites is 1. The number of nitrogens with zero attached hydrogens (tertiary/aromatic N) is 2. The van der Waals surface area contributed by atoms with E-state index in [0.717, 1.165) is 11.1 Å². The van der Waals surface area contributed by atoms with Gasteiger partial charge in [0.25, 0.3) is 15.9 Å². The summed E-state index contributed by atoms with van der Waals surface area (Å²) in [6.07, 6.45) is 2.14. The largest absolute Gasteiger partial charge is 0.495 e. The minimum atomic E-state index is -3.77. The summed E-state index contributed by atoms with van der Waals surface area (Å²) >= 11 is 0. The molecular formula is C22H23N3O4S. The minimum absolute atomic E-state index is 0.0862. The number of rotatable bonds is 5. The van der Waals surface area contributed by atoms with E-state index in [1.165, 1.54) is 28.2 Å². The van der Waals surface area contributed by atoms with Crippen molar-refractivity contribution in [3.63, 3.8) is 0 Å². The predicted molar refractivity (Wildman–Crippen MR) is 116 cm³/mol. The summed E-state index contributed by atoms with van der Waals surface area (Å²) in [4.78, 5) is 13.0. The molecule has 2 heterocycles. The molecule has 0 spiro atoms. The fourth-order valence-corrected chi connectivity index (χ4v) is 5.27. The van der Waals surface area contributed by atoms with E-state index in [0.29, 0.717) is 30.1 Å². The lowest BCUT2D eigenvalue weighted by atomic mass is 10.2. The van der Waals surface area contributed by atoms with Gasteiger partial charge in [0.05, 0.1) is 18.5 Å². The molecule has 1 N–H and O–H groups in total. The Labute approximate surface area is 175 Å². The smallest absolute Gasteiger partial charge is 0.272 e. The number of fused-ring (bicyclic) bond motifs is 1. The van der Waals surface area contributed by atoms with E-state index in [1.807, 2.05) is 31.2 Å². The fourth-order valence-electron chi connectivity index (χ4n) is 3.69. The number of nitrogens with one attached hydrogen (secondary N) is 1. The predicted octanol–water partition coefficient (Wildman–Crippen LogP) is 3.35. The van der Waals surface area contributed by atoms with Crippen LogP contribution in [0.5, 0.6) is 5.75 Å². The molecule has 0 atom stereocenters. The van der Waals surface area contributed by atoms with E-state index in [9.17, 15) is 13.2 Å². The number of aromatic nitrogens is 1. The lowest BCUT2D eigenvalue weighted by Crippen LogP contribution is -2.28. The molecule has 0 aliphatic carbocycles. The Morgan fingerprint density at radius 3 is 2.67 bits per heavy atom. The van der Waals surface area contributed by atoms with Gasteiger partial charge in [-0.2, -0.15) is 0 Å². The highest BCUT2D eigenvalue weighted by Crippen LogP contribution is 2.33. The van der Waals surface area contributed by atoms with E-state index >= 15 is 0 Å². The number of aryl methyl sites for hydroxylation is 2. The minimum Gasteiger partial charge on any atom is -0.495 e. The van der Waals surface area contributed by atoms with Crippen molar-refractivity contribution in [2.75, 3.05) is 23.3 Å². The summed E-state index contributed by atoms with van der Waals surface area (Å²) in [6, 6.07) is 14.3. The Bertz CT molecular complexity index is 1230. The third-order valence-corrected chi connectivity index (χ3v) is 7.03. The lowest BCUT2D eigenvalue weighted by molar-refractivity contribution is 0.101. The molecule has 1 aliphatic heterocycles.